The maximum atomic E-state index is 14.0. The number of hydrogen-bond acceptors (Lipinski definition) is 7. The molecule has 0 radical (unpaired) electrons. The van der Waals surface area contributed by atoms with Crippen molar-refractivity contribution in [1.29, 1.82) is 0 Å². The molecule has 2 amide bonds. The summed E-state index contributed by atoms with van der Waals surface area (Å²) in [5, 5.41) is 3.41. The number of carbonyl (C=O) groups is 2. The van der Waals surface area contributed by atoms with Gasteiger partial charge in [-0.1, -0.05) is 30.3 Å². The molecule has 0 saturated carbocycles. The molecular formula is C28H34FN3O7S. The van der Waals surface area contributed by atoms with Crippen LogP contribution in [-0.2, 0) is 30.4 Å². The first kappa shape index (κ1) is 29.3. The minimum absolute atomic E-state index is 0.0362. The number of ether oxygens (including phenoxy) is 2. The summed E-state index contributed by atoms with van der Waals surface area (Å²) in [4.78, 5) is 30.5. The van der Waals surface area contributed by atoms with E-state index in [1.807, 2.05) is 30.3 Å². The number of aromatic nitrogens is 1. The van der Waals surface area contributed by atoms with Crippen molar-refractivity contribution in [3.05, 3.63) is 71.7 Å². The number of amides is 2. The van der Waals surface area contributed by atoms with Crippen LogP contribution in [0.25, 0.3) is 10.9 Å². The van der Waals surface area contributed by atoms with E-state index in [0.717, 1.165) is 11.8 Å². The number of alkyl carbamates (subject to hydrolysis) is 1. The number of nitrogens with zero attached hydrogens (tertiary/aromatic N) is 1. The van der Waals surface area contributed by atoms with Crippen LogP contribution < -0.4 is 5.32 Å². The van der Waals surface area contributed by atoms with E-state index in [1.165, 1.54) is 17.0 Å². The number of fused-ring (bicyclic) bond motifs is 1. The topological polar surface area (TPSA) is 127 Å². The molecule has 0 bridgehead atoms. The summed E-state index contributed by atoms with van der Waals surface area (Å²) in [6.07, 6.45) is 0.586. The number of halogens is 1. The molecule has 3 atom stereocenters. The second kappa shape index (κ2) is 11.8. The summed E-state index contributed by atoms with van der Waals surface area (Å²) in [5.74, 6) is -1.11. The molecule has 1 aliphatic heterocycles. The maximum absolute atomic E-state index is 14.0. The van der Waals surface area contributed by atoms with Gasteiger partial charge >= 0.3 is 12.2 Å². The lowest BCUT2D eigenvalue weighted by Gasteiger charge is -2.35. The lowest BCUT2D eigenvalue weighted by Crippen LogP contribution is -2.49. The van der Waals surface area contributed by atoms with Gasteiger partial charge in [0.2, 0.25) is 0 Å². The fourth-order valence-electron chi connectivity index (χ4n) is 4.94. The van der Waals surface area contributed by atoms with Crippen LogP contribution in [-0.4, -0.2) is 67.6 Å². The van der Waals surface area contributed by atoms with Crippen LogP contribution in [0.4, 0.5) is 14.0 Å². The fraction of sp³-hybridized carbons (Fsp3) is 0.429. The van der Waals surface area contributed by atoms with Crippen molar-refractivity contribution in [1.82, 2.24) is 15.2 Å². The van der Waals surface area contributed by atoms with Crippen molar-refractivity contribution in [2.75, 3.05) is 19.3 Å². The summed E-state index contributed by atoms with van der Waals surface area (Å²) >= 11 is 0. The van der Waals surface area contributed by atoms with Crippen LogP contribution in [0.3, 0.4) is 0 Å². The van der Waals surface area contributed by atoms with Gasteiger partial charge in [0.15, 0.2) is 0 Å². The molecule has 12 heteroatoms. The van der Waals surface area contributed by atoms with E-state index in [4.69, 9.17) is 13.7 Å². The Bertz CT molecular complexity index is 1450. The first-order valence-corrected chi connectivity index (χ1v) is 14.7. The summed E-state index contributed by atoms with van der Waals surface area (Å²) in [6, 6.07) is 12.6. The van der Waals surface area contributed by atoms with Crippen LogP contribution in [0.1, 0.15) is 44.2 Å². The molecule has 1 aromatic heterocycles. The number of H-pyrrole nitrogens is 1. The number of likely N-dealkylation sites (tertiary alicyclic amines) is 1. The Morgan fingerprint density at radius 3 is 2.58 bits per heavy atom. The molecular weight excluding hydrogens is 541 g/mol. The van der Waals surface area contributed by atoms with E-state index < -0.39 is 51.8 Å². The van der Waals surface area contributed by atoms with Gasteiger partial charge in [0.05, 0.1) is 18.4 Å². The average Bonchev–Trinajstić information content (AvgIpc) is 3.46. The molecule has 4 rings (SSSR count). The largest absolute Gasteiger partial charge is 0.445 e. The van der Waals surface area contributed by atoms with E-state index in [9.17, 15) is 22.4 Å². The summed E-state index contributed by atoms with van der Waals surface area (Å²) < 4.78 is 54.8. The maximum Gasteiger partial charge on any atom is 0.410 e. The zero-order chi connectivity index (χ0) is 29.1. The number of rotatable bonds is 8. The Labute approximate surface area is 232 Å². The molecule has 0 aliphatic carbocycles. The third-order valence-electron chi connectivity index (χ3n) is 6.49. The molecule has 2 N–H and O–H groups in total. The van der Waals surface area contributed by atoms with E-state index in [0.29, 0.717) is 16.5 Å². The third kappa shape index (κ3) is 7.51. The second-order valence-corrected chi connectivity index (χ2v) is 12.4. The minimum atomic E-state index is -3.89. The summed E-state index contributed by atoms with van der Waals surface area (Å²) in [5.41, 5.74) is 1.15. The monoisotopic (exact) mass is 575 g/mol. The molecule has 3 aromatic rings. The summed E-state index contributed by atoms with van der Waals surface area (Å²) in [6.45, 7) is 5.39. The van der Waals surface area contributed by atoms with Gasteiger partial charge < -0.3 is 24.7 Å². The van der Waals surface area contributed by atoms with Crippen LogP contribution in [0, 0.1) is 5.82 Å². The molecule has 2 heterocycles. The van der Waals surface area contributed by atoms with Gasteiger partial charge in [-0.2, -0.15) is 8.42 Å². The van der Waals surface area contributed by atoms with Gasteiger partial charge in [0, 0.05) is 36.1 Å². The van der Waals surface area contributed by atoms with Gasteiger partial charge in [-0.3, -0.25) is 4.18 Å². The highest BCUT2D eigenvalue weighted by Gasteiger charge is 2.46. The molecule has 1 aliphatic rings. The number of carbonyl (C=O) groups excluding carboxylic acids is 2. The Morgan fingerprint density at radius 2 is 1.90 bits per heavy atom. The predicted molar refractivity (Wildman–Crippen MR) is 147 cm³/mol. The molecule has 1 fully saturated rings. The van der Waals surface area contributed by atoms with Crippen molar-refractivity contribution in [2.24, 2.45) is 0 Å². The standard InChI is InChI=1S/C28H34FN3O7S/c1-28(2,3)38-27(34)32-13-12-24(39-40(4,35)36)25(32)22(21-15-30-23-14-19(29)10-11-20(21)23)16-31-26(33)37-17-18-8-6-5-7-9-18/h5-11,14-15,22,24-25,30H,12-13,16-17H2,1-4H3,(H,31,33)/t22-,24+,25-/m1/s1. The van der Waals surface area contributed by atoms with Crippen LogP contribution in [0.2, 0.25) is 0 Å². The average molecular weight is 576 g/mol. The Morgan fingerprint density at radius 1 is 1.18 bits per heavy atom. The second-order valence-electron chi connectivity index (χ2n) is 10.8. The van der Waals surface area contributed by atoms with Crippen molar-refractivity contribution in [3.63, 3.8) is 0 Å². The van der Waals surface area contributed by atoms with Crippen LogP contribution in [0.5, 0.6) is 0 Å². The number of nitrogens with one attached hydrogen (secondary N) is 2. The van der Waals surface area contributed by atoms with E-state index in [1.54, 1.807) is 33.0 Å². The van der Waals surface area contributed by atoms with Crippen LogP contribution >= 0.6 is 0 Å². The van der Waals surface area contributed by atoms with Gasteiger partial charge in [-0.15, -0.1) is 0 Å². The number of aromatic amines is 1. The number of benzene rings is 2. The highest BCUT2D eigenvalue weighted by molar-refractivity contribution is 7.86. The Balaban J connectivity index is 1.68. The smallest absolute Gasteiger partial charge is 0.410 e. The SMILES string of the molecule is CC(C)(C)OC(=O)N1CC[C@H](OS(C)(=O)=O)[C@H]1[C@H](CNC(=O)OCc1ccccc1)c1c[nH]c2cc(F)ccc12. The Hall–Kier alpha value is -3.64. The molecule has 10 nitrogen and oxygen atoms in total. The Kier molecular flexibility index (Phi) is 8.69. The van der Waals surface area contributed by atoms with Crippen molar-refractivity contribution in [3.8, 4) is 0 Å². The van der Waals surface area contributed by atoms with Crippen molar-refractivity contribution >= 4 is 33.2 Å². The zero-order valence-corrected chi connectivity index (χ0v) is 23.7. The molecule has 2 aromatic carbocycles. The van der Waals surface area contributed by atoms with Gasteiger partial charge in [-0.05, 0) is 56.5 Å². The predicted octanol–water partition coefficient (Wildman–Crippen LogP) is 4.67. The molecule has 0 unspecified atom stereocenters. The molecule has 40 heavy (non-hydrogen) atoms. The highest BCUT2D eigenvalue weighted by Crippen LogP contribution is 2.37. The lowest BCUT2D eigenvalue weighted by molar-refractivity contribution is 0.0141. The van der Waals surface area contributed by atoms with Crippen LogP contribution in [0.15, 0.2) is 54.7 Å². The van der Waals surface area contributed by atoms with Gasteiger partial charge in [0.1, 0.15) is 18.0 Å². The molecule has 1 saturated heterocycles. The van der Waals surface area contributed by atoms with E-state index in [-0.39, 0.29) is 26.1 Å². The normalized spacial score (nSPS) is 18.5. The van der Waals surface area contributed by atoms with E-state index in [2.05, 4.69) is 10.3 Å². The highest BCUT2D eigenvalue weighted by atomic mass is 32.2. The van der Waals surface area contributed by atoms with Crippen molar-refractivity contribution < 1.29 is 36.1 Å². The van der Waals surface area contributed by atoms with Gasteiger partial charge in [0.25, 0.3) is 10.1 Å². The fourth-order valence-corrected chi connectivity index (χ4v) is 5.60. The zero-order valence-electron chi connectivity index (χ0n) is 22.8. The first-order valence-electron chi connectivity index (χ1n) is 12.9. The molecule has 0 spiro atoms. The van der Waals surface area contributed by atoms with Gasteiger partial charge in [-0.25, -0.2) is 14.0 Å². The van der Waals surface area contributed by atoms with E-state index >= 15 is 0 Å². The first-order chi connectivity index (χ1) is 18.8. The number of hydrogen-bond donors (Lipinski definition) is 2. The minimum Gasteiger partial charge on any atom is -0.445 e. The van der Waals surface area contributed by atoms with Crippen molar-refractivity contribution in [2.45, 2.75) is 57.5 Å². The summed E-state index contributed by atoms with van der Waals surface area (Å²) in [7, 11) is -3.89. The lowest BCUT2D eigenvalue weighted by atomic mass is 9.88. The quantitative estimate of drug-likeness (QED) is 0.374. The third-order valence-corrected chi connectivity index (χ3v) is 7.09. The molecule has 216 valence electrons.